The highest BCUT2D eigenvalue weighted by Gasteiger charge is 2.15. The van der Waals surface area contributed by atoms with Crippen molar-refractivity contribution < 1.29 is 0 Å². The maximum atomic E-state index is 5.06. The fourth-order valence-corrected chi connectivity index (χ4v) is 7.45. The van der Waals surface area contributed by atoms with Gasteiger partial charge < -0.3 is 0 Å². The Morgan fingerprint density at radius 3 is 1.91 bits per heavy atom. The average molecular weight is 730 g/mol. The van der Waals surface area contributed by atoms with Crippen molar-refractivity contribution in [2.45, 2.75) is 13.3 Å². The highest BCUT2D eigenvalue weighted by molar-refractivity contribution is 6.03. The molecule has 0 aliphatic heterocycles. The monoisotopic (exact) mass is 729 g/mol. The number of hydrogen-bond acceptors (Lipinski definition) is 5. The van der Waals surface area contributed by atoms with E-state index in [1.54, 1.807) is 0 Å². The highest BCUT2D eigenvalue weighted by atomic mass is 15.0. The van der Waals surface area contributed by atoms with Crippen molar-refractivity contribution >= 4 is 38.2 Å². The summed E-state index contributed by atoms with van der Waals surface area (Å²) in [5.74, 6) is 1.83. The van der Waals surface area contributed by atoms with Gasteiger partial charge in [-0.1, -0.05) is 146 Å². The molecule has 10 rings (SSSR count). The molecule has 2 aliphatic carbocycles. The molecule has 2 aliphatic rings. The van der Waals surface area contributed by atoms with Gasteiger partial charge in [-0.2, -0.15) is 0 Å². The molecule has 0 saturated carbocycles. The smallest absolute Gasteiger partial charge is 0.164 e. The second-order valence-electron chi connectivity index (χ2n) is 14.2. The van der Waals surface area contributed by atoms with E-state index in [9.17, 15) is 0 Å². The van der Waals surface area contributed by atoms with Gasteiger partial charge in [0.1, 0.15) is 0 Å². The van der Waals surface area contributed by atoms with Crippen molar-refractivity contribution in [3.63, 3.8) is 0 Å². The molecule has 0 amide bonds. The number of hydrogen-bond donors (Lipinski definition) is 0. The van der Waals surface area contributed by atoms with Gasteiger partial charge in [0.25, 0.3) is 0 Å². The first-order valence-corrected chi connectivity index (χ1v) is 19.1. The third-order valence-electron chi connectivity index (χ3n) is 10.5. The Kier molecular flexibility index (Phi) is 8.68. The topological polar surface area (TPSA) is 64.5 Å². The van der Waals surface area contributed by atoms with Crippen molar-refractivity contribution in [3.05, 3.63) is 210 Å². The van der Waals surface area contributed by atoms with Crippen LogP contribution >= 0.6 is 0 Å². The number of allylic oxidation sites excluding steroid dienone is 11. The molecule has 57 heavy (non-hydrogen) atoms. The normalized spacial score (nSPS) is 14.5. The van der Waals surface area contributed by atoms with E-state index in [0.717, 1.165) is 72.7 Å². The predicted molar refractivity (Wildman–Crippen MR) is 234 cm³/mol. The third-order valence-corrected chi connectivity index (χ3v) is 10.5. The molecule has 0 unspecified atom stereocenters. The zero-order valence-corrected chi connectivity index (χ0v) is 31.3. The van der Waals surface area contributed by atoms with Gasteiger partial charge in [-0.05, 0) is 76.8 Å². The van der Waals surface area contributed by atoms with Crippen LogP contribution < -0.4 is 0 Å². The first-order valence-electron chi connectivity index (χ1n) is 19.1. The summed E-state index contributed by atoms with van der Waals surface area (Å²) in [6.07, 6.45) is 19.9. The minimum Gasteiger partial charge on any atom is -0.254 e. The molecule has 8 aromatic rings. The fraction of sp³-hybridized carbons (Fsp3) is 0.0385. The summed E-state index contributed by atoms with van der Waals surface area (Å²) in [6.45, 7) is 2.04. The van der Waals surface area contributed by atoms with Gasteiger partial charge >= 0.3 is 0 Å². The molecule has 0 spiro atoms. The summed E-state index contributed by atoms with van der Waals surface area (Å²) >= 11 is 0. The van der Waals surface area contributed by atoms with E-state index in [-0.39, 0.29) is 0 Å². The first-order chi connectivity index (χ1) is 28.1. The Morgan fingerprint density at radius 1 is 0.526 bits per heavy atom. The second-order valence-corrected chi connectivity index (χ2v) is 14.2. The number of nitrogens with zero attached hydrogens (tertiary/aromatic N) is 5. The second kappa shape index (κ2) is 14.6. The van der Waals surface area contributed by atoms with E-state index in [2.05, 4.69) is 181 Å². The van der Waals surface area contributed by atoms with Gasteiger partial charge in [0, 0.05) is 44.8 Å². The zero-order valence-electron chi connectivity index (χ0n) is 31.3. The van der Waals surface area contributed by atoms with Crippen LogP contribution in [0.2, 0.25) is 0 Å². The average Bonchev–Trinajstić information content (AvgIpc) is 3.50. The van der Waals surface area contributed by atoms with Crippen LogP contribution in [-0.2, 0) is 0 Å². The lowest BCUT2D eigenvalue weighted by Gasteiger charge is -2.11. The molecule has 0 bridgehead atoms. The number of aromatic nitrogens is 5. The summed E-state index contributed by atoms with van der Waals surface area (Å²) in [7, 11) is 0. The van der Waals surface area contributed by atoms with Gasteiger partial charge in [-0.25, -0.2) is 19.9 Å². The van der Waals surface area contributed by atoms with Gasteiger partial charge in [-0.3, -0.25) is 4.98 Å². The van der Waals surface area contributed by atoms with E-state index in [0.29, 0.717) is 17.5 Å². The maximum absolute atomic E-state index is 5.06. The van der Waals surface area contributed by atoms with Crippen molar-refractivity contribution in [1.82, 2.24) is 24.9 Å². The molecular weight excluding hydrogens is 695 g/mol. The summed E-state index contributed by atoms with van der Waals surface area (Å²) in [6, 6.07) is 43.8. The van der Waals surface area contributed by atoms with Crippen molar-refractivity contribution in [2.75, 3.05) is 0 Å². The molecule has 0 fully saturated rings. The van der Waals surface area contributed by atoms with Crippen LogP contribution in [-0.4, -0.2) is 24.9 Å². The Morgan fingerprint density at radius 2 is 1.14 bits per heavy atom. The molecule has 3 heterocycles. The fourth-order valence-electron chi connectivity index (χ4n) is 7.45. The van der Waals surface area contributed by atoms with Crippen LogP contribution in [0.3, 0.4) is 0 Å². The Bertz CT molecular complexity index is 3120. The molecule has 0 N–H and O–H groups in total. The van der Waals surface area contributed by atoms with Crippen LogP contribution in [0.15, 0.2) is 205 Å². The van der Waals surface area contributed by atoms with Crippen LogP contribution in [0.25, 0.3) is 83.6 Å². The van der Waals surface area contributed by atoms with Gasteiger partial charge in [0.15, 0.2) is 17.5 Å². The number of pyridine rings is 2. The lowest BCUT2D eigenvalue weighted by molar-refractivity contribution is 1.07. The molecule has 268 valence electrons. The lowest BCUT2D eigenvalue weighted by Crippen LogP contribution is -2.00. The first kappa shape index (κ1) is 33.9. The van der Waals surface area contributed by atoms with E-state index in [1.807, 2.05) is 19.2 Å². The van der Waals surface area contributed by atoms with Crippen LogP contribution in [0.4, 0.5) is 0 Å². The lowest BCUT2D eigenvalue weighted by atomic mass is 9.93. The minimum absolute atomic E-state index is 0.602. The van der Waals surface area contributed by atoms with E-state index < -0.39 is 0 Å². The number of fused-ring (bicyclic) bond motifs is 4. The van der Waals surface area contributed by atoms with E-state index in [4.69, 9.17) is 19.9 Å². The molecule has 3 aromatic heterocycles. The predicted octanol–water partition coefficient (Wildman–Crippen LogP) is 12.7. The molecule has 0 atom stereocenters. The van der Waals surface area contributed by atoms with Crippen molar-refractivity contribution in [3.8, 4) is 45.4 Å². The number of rotatable bonds is 6. The van der Waals surface area contributed by atoms with E-state index in [1.165, 1.54) is 22.1 Å². The van der Waals surface area contributed by atoms with Crippen molar-refractivity contribution in [1.29, 1.82) is 0 Å². The van der Waals surface area contributed by atoms with Crippen LogP contribution in [0.1, 0.15) is 18.9 Å². The zero-order chi connectivity index (χ0) is 38.1. The Hall–Kier alpha value is -7.59. The summed E-state index contributed by atoms with van der Waals surface area (Å²) in [4.78, 5) is 24.9. The summed E-state index contributed by atoms with van der Waals surface area (Å²) in [5.41, 5.74) is 15.8. The SMILES string of the molecule is C/C=C\C=C1\C=CC2=C(C=C=C(c3ccc(-c4nc(-c5ccc(-c6ccc7ccc8cccnc8c7n6)cc5)nc(-c5ccc6ccccc6c5)n4)cc3)C=C2)C1. The van der Waals surface area contributed by atoms with Gasteiger partial charge in [0.05, 0.1) is 16.7 Å². The quantitative estimate of drug-likeness (QED) is 0.126. The van der Waals surface area contributed by atoms with Crippen LogP contribution in [0.5, 0.6) is 0 Å². The number of benzene rings is 5. The molecular formula is C52H35N5. The Balaban J connectivity index is 1.00. The summed E-state index contributed by atoms with van der Waals surface area (Å²) in [5, 5.41) is 4.44. The Labute approximate surface area is 330 Å². The molecule has 0 radical (unpaired) electrons. The van der Waals surface area contributed by atoms with E-state index >= 15 is 0 Å². The largest absolute Gasteiger partial charge is 0.254 e. The van der Waals surface area contributed by atoms with Crippen LogP contribution in [0, 0.1) is 0 Å². The molecule has 5 aromatic carbocycles. The summed E-state index contributed by atoms with van der Waals surface area (Å²) < 4.78 is 0. The standard InChI is InChI=1S/C52H35N5/c1-2-3-7-34-11-12-38-14-13-36(17-27-45(38)32-34)37-15-23-42(24-16-37)50-55-51(57-52(56-50)46-28-18-35-8-4-5-9-44(35)33-46)43-25-19-39(20-26-43)47-30-29-41-22-21-40-10-6-31-53-48(40)49(41)54-47/h2-16,18-31,33H,32H2,1H3/b3-2-,34-7-. The molecule has 5 heteroatoms. The van der Waals surface area contributed by atoms with Crippen molar-refractivity contribution in [2.24, 2.45) is 0 Å². The maximum Gasteiger partial charge on any atom is 0.164 e. The van der Waals surface area contributed by atoms with Gasteiger partial charge in [-0.15, -0.1) is 5.73 Å². The molecule has 0 saturated heterocycles. The molecule has 5 nitrogen and oxygen atoms in total. The van der Waals surface area contributed by atoms with Gasteiger partial charge in [0.2, 0.25) is 0 Å². The third kappa shape index (κ3) is 6.74. The minimum atomic E-state index is 0.602. The highest BCUT2D eigenvalue weighted by Crippen LogP contribution is 2.32.